The maximum atomic E-state index is 12.3. The van der Waals surface area contributed by atoms with E-state index >= 15 is 0 Å². The van der Waals surface area contributed by atoms with E-state index in [0.717, 1.165) is 16.9 Å². The lowest BCUT2D eigenvalue weighted by Gasteiger charge is -2.17. The third-order valence-corrected chi connectivity index (χ3v) is 5.75. The molecule has 2 rings (SSSR count). The Labute approximate surface area is 191 Å². The van der Waals surface area contributed by atoms with E-state index in [2.05, 4.69) is 15.6 Å². The van der Waals surface area contributed by atoms with Crippen molar-refractivity contribution in [2.24, 2.45) is 4.99 Å². The van der Waals surface area contributed by atoms with Gasteiger partial charge in [-0.3, -0.25) is 4.99 Å². The molecule has 0 aliphatic carbocycles. The Balaban J connectivity index is 0.00000420. The second-order valence-corrected chi connectivity index (χ2v) is 8.87. The smallest absolute Gasteiger partial charge is 0.191 e. The van der Waals surface area contributed by atoms with Crippen LogP contribution in [0.3, 0.4) is 0 Å². The predicted molar refractivity (Wildman–Crippen MR) is 129 cm³/mol. The number of hydrogen-bond donors (Lipinski definition) is 2. The van der Waals surface area contributed by atoms with Gasteiger partial charge in [-0.2, -0.15) is 0 Å². The molecule has 0 saturated carbocycles. The molecule has 160 valence electrons. The zero-order valence-electron chi connectivity index (χ0n) is 17.3. The summed E-state index contributed by atoms with van der Waals surface area (Å²) in [6.45, 7) is 6.80. The third kappa shape index (κ3) is 8.22. The zero-order valence-corrected chi connectivity index (χ0v) is 20.5. The van der Waals surface area contributed by atoms with E-state index in [-0.39, 0.29) is 42.4 Å². The van der Waals surface area contributed by atoms with Gasteiger partial charge in [0.2, 0.25) is 0 Å². The van der Waals surface area contributed by atoms with Gasteiger partial charge in [0.25, 0.3) is 0 Å². The van der Waals surface area contributed by atoms with Crippen LogP contribution in [0.2, 0.25) is 0 Å². The summed E-state index contributed by atoms with van der Waals surface area (Å²) in [4.78, 5) is 4.49. The average molecular weight is 531 g/mol. The Morgan fingerprint density at radius 3 is 2.41 bits per heavy atom. The lowest BCUT2D eigenvalue weighted by molar-refractivity contribution is 0.239. The maximum absolute atomic E-state index is 12.3. The average Bonchev–Trinajstić information content (AvgIpc) is 2.66. The minimum Gasteiger partial charge on any atom is -0.491 e. The molecule has 0 amide bonds. The minimum absolute atomic E-state index is 0. The molecule has 2 aromatic carbocycles. The molecule has 0 bridgehead atoms. The molecule has 0 aliphatic heterocycles. The quantitative estimate of drug-likeness (QED) is 0.310. The van der Waals surface area contributed by atoms with Gasteiger partial charge in [0.15, 0.2) is 15.8 Å². The standard InChI is InChI=1S/C21H29N3O3S.HI/c1-16(2)27-20-14-17(3)10-11-18(20)15-24-21(22-4)23-12-13-28(25,26)19-8-6-5-7-9-19;/h5-11,14,16H,12-13,15H2,1-4H3,(H2,22,23,24);1H. The number of nitrogens with zero attached hydrogens (tertiary/aromatic N) is 1. The number of aryl methyl sites for hydroxylation is 1. The van der Waals surface area contributed by atoms with Gasteiger partial charge in [-0.15, -0.1) is 24.0 Å². The van der Waals surface area contributed by atoms with Crippen LogP contribution in [-0.2, 0) is 16.4 Å². The lowest BCUT2D eigenvalue weighted by Crippen LogP contribution is -2.39. The molecule has 0 saturated heterocycles. The van der Waals surface area contributed by atoms with E-state index in [0.29, 0.717) is 17.4 Å². The monoisotopic (exact) mass is 531 g/mol. The fourth-order valence-electron chi connectivity index (χ4n) is 2.62. The maximum Gasteiger partial charge on any atom is 0.191 e. The molecule has 8 heteroatoms. The summed E-state index contributed by atoms with van der Waals surface area (Å²) in [6.07, 6.45) is 0.0844. The van der Waals surface area contributed by atoms with Gasteiger partial charge in [-0.25, -0.2) is 8.42 Å². The highest BCUT2D eigenvalue weighted by molar-refractivity contribution is 14.0. The number of aliphatic imine (C=N–C) groups is 1. The molecule has 6 nitrogen and oxygen atoms in total. The van der Waals surface area contributed by atoms with Gasteiger partial charge >= 0.3 is 0 Å². The zero-order chi connectivity index (χ0) is 20.6. The Morgan fingerprint density at radius 2 is 1.79 bits per heavy atom. The Morgan fingerprint density at radius 1 is 1.10 bits per heavy atom. The van der Waals surface area contributed by atoms with E-state index in [9.17, 15) is 8.42 Å². The summed E-state index contributed by atoms with van der Waals surface area (Å²) >= 11 is 0. The summed E-state index contributed by atoms with van der Waals surface area (Å²) in [6, 6.07) is 14.5. The molecule has 0 radical (unpaired) electrons. The van der Waals surface area contributed by atoms with Crippen LogP contribution in [0.4, 0.5) is 0 Å². The summed E-state index contributed by atoms with van der Waals surface area (Å²) in [7, 11) is -1.67. The molecule has 0 aliphatic rings. The second kappa shape index (κ2) is 12.0. The highest BCUT2D eigenvalue weighted by atomic mass is 127. The molecule has 29 heavy (non-hydrogen) atoms. The molecule has 0 aromatic heterocycles. The summed E-state index contributed by atoms with van der Waals surface area (Å²) in [5, 5.41) is 6.26. The number of sulfone groups is 1. The first-order valence-corrected chi connectivity index (χ1v) is 11.0. The van der Waals surface area contributed by atoms with E-state index in [1.54, 1.807) is 37.4 Å². The number of benzene rings is 2. The number of halogens is 1. The van der Waals surface area contributed by atoms with Crippen LogP contribution >= 0.6 is 24.0 Å². The van der Waals surface area contributed by atoms with Crippen LogP contribution in [0, 0.1) is 6.92 Å². The third-order valence-electron chi connectivity index (χ3n) is 4.02. The van der Waals surface area contributed by atoms with Crippen LogP contribution < -0.4 is 15.4 Å². The first-order valence-electron chi connectivity index (χ1n) is 9.30. The summed E-state index contributed by atoms with van der Waals surface area (Å²) < 4.78 is 30.6. The van der Waals surface area contributed by atoms with Crippen LogP contribution in [0.15, 0.2) is 58.4 Å². The van der Waals surface area contributed by atoms with Gasteiger partial charge < -0.3 is 15.4 Å². The van der Waals surface area contributed by atoms with Gasteiger partial charge in [-0.1, -0.05) is 30.3 Å². The van der Waals surface area contributed by atoms with Crippen molar-refractivity contribution in [3.05, 3.63) is 59.7 Å². The Hall–Kier alpha value is -1.81. The van der Waals surface area contributed by atoms with E-state index < -0.39 is 9.84 Å². The van der Waals surface area contributed by atoms with E-state index in [1.165, 1.54) is 0 Å². The molecule has 0 spiro atoms. The number of guanidine groups is 1. The molecular weight excluding hydrogens is 501 g/mol. The normalized spacial score (nSPS) is 11.7. The van der Waals surface area contributed by atoms with E-state index in [4.69, 9.17) is 4.74 Å². The first-order chi connectivity index (χ1) is 13.3. The van der Waals surface area contributed by atoms with Crippen molar-refractivity contribution in [3.8, 4) is 5.75 Å². The number of nitrogens with one attached hydrogen (secondary N) is 2. The minimum atomic E-state index is -3.32. The largest absolute Gasteiger partial charge is 0.491 e. The van der Waals surface area contributed by atoms with Crippen molar-refractivity contribution in [3.63, 3.8) is 0 Å². The molecule has 0 fully saturated rings. The van der Waals surface area contributed by atoms with Gasteiger partial charge in [0, 0.05) is 25.7 Å². The first kappa shape index (κ1) is 25.2. The number of hydrogen-bond acceptors (Lipinski definition) is 4. The van der Waals surface area contributed by atoms with Gasteiger partial charge in [-0.05, 0) is 44.5 Å². The second-order valence-electron chi connectivity index (χ2n) is 6.76. The number of rotatable bonds is 8. The Bertz CT molecular complexity index is 901. The Kier molecular flexibility index (Phi) is 10.5. The van der Waals surface area contributed by atoms with Crippen molar-refractivity contribution in [1.82, 2.24) is 10.6 Å². The fraction of sp³-hybridized carbons (Fsp3) is 0.381. The molecular formula is C21H30IN3O3S. The van der Waals surface area contributed by atoms with E-state index in [1.807, 2.05) is 39.0 Å². The van der Waals surface area contributed by atoms with Crippen molar-refractivity contribution >= 4 is 39.8 Å². The highest BCUT2D eigenvalue weighted by Crippen LogP contribution is 2.21. The predicted octanol–water partition coefficient (Wildman–Crippen LogP) is 3.54. The SMILES string of the molecule is CN=C(NCCS(=O)(=O)c1ccccc1)NCc1ccc(C)cc1OC(C)C.I. The topological polar surface area (TPSA) is 79.8 Å². The summed E-state index contributed by atoms with van der Waals surface area (Å²) in [5.74, 6) is 1.37. The van der Waals surface area contributed by atoms with Crippen LogP contribution in [0.5, 0.6) is 5.75 Å². The van der Waals surface area contributed by atoms with Crippen molar-refractivity contribution in [2.75, 3.05) is 19.3 Å². The van der Waals surface area contributed by atoms with Gasteiger partial charge in [0.05, 0.1) is 16.8 Å². The highest BCUT2D eigenvalue weighted by Gasteiger charge is 2.14. The van der Waals surface area contributed by atoms with Crippen molar-refractivity contribution < 1.29 is 13.2 Å². The molecule has 2 aromatic rings. The molecule has 0 heterocycles. The van der Waals surface area contributed by atoms with Gasteiger partial charge in [0.1, 0.15) is 5.75 Å². The molecule has 2 N–H and O–H groups in total. The van der Waals surface area contributed by atoms with Crippen LogP contribution in [-0.4, -0.2) is 39.8 Å². The molecule has 0 unspecified atom stereocenters. The van der Waals surface area contributed by atoms with Crippen LogP contribution in [0.1, 0.15) is 25.0 Å². The van der Waals surface area contributed by atoms with Crippen molar-refractivity contribution in [2.45, 2.75) is 38.3 Å². The summed E-state index contributed by atoms with van der Waals surface area (Å²) in [5.41, 5.74) is 2.15. The van der Waals surface area contributed by atoms with Crippen molar-refractivity contribution in [1.29, 1.82) is 0 Å². The molecule has 0 atom stereocenters. The van der Waals surface area contributed by atoms with Crippen LogP contribution in [0.25, 0.3) is 0 Å². The fourth-order valence-corrected chi connectivity index (χ4v) is 3.80. The lowest BCUT2D eigenvalue weighted by atomic mass is 10.1. The number of ether oxygens (including phenoxy) is 1.